The van der Waals surface area contributed by atoms with E-state index in [1.807, 2.05) is 90.7 Å². The van der Waals surface area contributed by atoms with Crippen LogP contribution in [0.1, 0.15) is 18.1 Å². The number of carbonyl (C=O) groups excluding carboxylic acids is 2. The summed E-state index contributed by atoms with van der Waals surface area (Å²) in [5.41, 5.74) is 3.34. The molecule has 0 radical (unpaired) electrons. The number of amides is 2. The van der Waals surface area contributed by atoms with Crippen molar-refractivity contribution in [1.82, 2.24) is 4.90 Å². The Morgan fingerprint density at radius 1 is 0.724 bits per heavy atom. The van der Waals surface area contributed by atoms with Crippen molar-refractivity contribution in [2.75, 3.05) is 11.4 Å². The van der Waals surface area contributed by atoms with Crippen LogP contribution < -0.4 is 4.90 Å². The molecular weight excluding hydrogens is 360 g/mol. The standard InChI is InChI=1S/C25H22N2O2/c1-2-26(18-19-12-6-3-7-13-19)23-22(20-14-8-4-9-15-20)24(28)27(25(23)29)21-16-10-5-11-17-21/h3-17H,2,18H2,1H3. The molecular formula is C25H22N2O2. The summed E-state index contributed by atoms with van der Waals surface area (Å²) in [5.74, 6) is -0.563. The summed E-state index contributed by atoms with van der Waals surface area (Å²) in [6.07, 6.45) is 0. The third-order valence-electron chi connectivity index (χ3n) is 5.05. The van der Waals surface area contributed by atoms with E-state index in [1.165, 1.54) is 4.90 Å². The van der Waals surface area contributed by atoms with Crippen molar-refractivity contribution in [1.29, 1.82) is 0 Å². The van der Waals surface area contributed by atoms with Crippen molar-refractivity contribution in [3.63, 3.8) is 0 Å². The molecule has 0 atom stereocenters. The predicted molar refractivity (Wildman–Crippen MR) is 115 cm³/mol. The molecule has 3 aromatic rings. The van der Waals surface area contributed by atoms with E-state index in [4.69, 9.17) is 0 Å². The van der Waals surface area contributed by atoms with E-state index < -0.39 is 0 Å². The second-order valence-corrected chi connectivity index (χ2v) is 6.87. The lowest BCUT2D eigenvalue weighted by Crippen LogP contribution is -2.35. The molecule has 4 nitrogen and oxygen atoms in total. The van der Waals surface area contributed by atoms with E-state index >= 15 is 0 Å². The second kappa shape index (κ2) is 8.15. The van der Waals surface area contributed by atoms with Crippen LogP contribution in [0.4, 0.5) is 5.69 Å². The molecule has 0 saturated heterocycles. The summed E-state index contributed by atoms with van der Waals surface area (Å²) >= 11 is 0. The van der Waals surface area contributed by atoms with E-state index in [1.54, 1.807) is 12.1 Å². The molecule has 29 heavy (non-hydrogen) atoms. The number of hydrogen-bond acceptors (Lipinski definition) is 3. The van der Waals surface area contributed by atoms with Gasteiger partial charge in [-0.2, -0.15) is 0 Å². The van der Waals surface area contributed by atoms with Crippen LogP contribution in [0.2, 0.25) is 0 Å². The Hall–Kier alpha value is -3.66. The summed E-state index contributed by atoms with van der Waals surface area (Å²) in [5, 5.41) is 0. The van der Waals surface area contributed by atoms with Crippen molar-refractivity contribution in [3.05, 3.63) is 108 Å². The molecule has 4 heteroatoms. The lowest BCUT2D eigenvalue weighted by Gasteiger charge is -2.25. The van der Waals surface area contributed by atoms with Gasteiger partial charge in [0.2, 0.25) is 0 Å². The Kier molecular flexibility index (Phi) is 5.25. The molecule has 0 fully saturated rings. The molecule has 0 aliphatic carbocycles. The molecule has 3 aromatic carbocycles. The first-order valence-electron chi connectivity index (χ1n) is 9.73. The van der Waals surface area contributed by atoms with Gasteiger partial charge in [-0.05, 0) is 30.2 Å². The predicted octanol–water partition coefficient (Wildman–Crippen LogP) is 4.49. The normalized spacial score (nSPS) is 13.9. The zero-order chi connectivity index (χ0) is 20.2. The number of likely N-dealkylation sites (N-methyl/N-ethyl adjacent to an activating group) is 1. The van der Waals surface area contributed by atoms with Crippen LogP contribution >= 0.6 is 0 Å². The summed E-state index contributed by atoms with van der Waals surface area (Å²) < 4.78 is 0. The van der Waals surface area contributed by atoms with Gasteiger partial charge in [-0.3, -0.25) is 9.59 Å². The summed E-state index contributed by atoms with van der Waals surface area (Å²) in [4.78, 5) is 30.2. The molecule has 4 rings (SSSR count). The maximum absolute atomic E-state index is 13.5. The zero-order valence-electron chi connectivity index (χ0n) is 16.3. The molecule has 1 aliphatic heterocycles. The Balaban J connectivity index is 1.82. The molecule has 0 aromatic heterocycles. The van der Waals surface area contributed by atoms with Crippen LogP contribution in [0.3, 0.4) is 0 Å². The van der Waals surface area contributed by atoms with Crippen molar-refractivity contribution in [2.24, 2.45) is 0 Å². The molecule has 144 valence electrons. The summed E-state index contributed by atoms with van der Waals surface area (Å²) in [6.45, 7) is 3.17. The van der Waals surface area contributed by atoms with Crippen LogP contribution in [0.15, 0.2) is 96.7 Å². The lowest BCUT2D eigenvalue weighted by atomic mass is 10.0. The van der Waals surface area contributed by atoms with E-state index in [0.717, 1.165) is 11.1 Å². The Morgan fingerprint density at radius 3 is 1.86 bits per heavy atom. The van der Waals surface area contributed by atoms with Crippen molar-refractivity contribution >= 4 is 23.1 Å². The van der Waals surface area contributed by atoms with Gasteiger partial charge in [0.25, 0.3) is 11.8 Å². The van der Waals surface area contributed by atoms with Gasteiger partial charge < -0.3 is 4.90 Å². The maximum Gasteiger partial charge on any atom is 0.282 e. The van der Waals surface area contributed by atoms with Gasteiger partial charge in [-0.25, -0.2) is 4.90 Å². The van der Waals surface area contributed by atoms with Crippen LogP contribution in [0.25, 0.3) is 5.57 Å². The van der Waals surface area contributed by atoms with Gasteiger partial charge in [0.1, 0.15) is 5.70 Å². The fourth-order valence-electron chi connectivity index (χ4n) is 3.64. The molecule has 2 amide bonds. The minimum Gasteiger partial charge on any atom is -0.362 e. The largest absolute Gasteiger partial charge is 0.362 e. The van der Waals surface area contributed by atoms with Crippen LogP contribution in [-0.2, 0) is 16.1 Å². The Bertz CT molecular complexity index is 1040. The average molecular weight is 382 g/mol. The van der Waals surface area contributed by atoms with E-state index in [0.29, 0.717) is 30.0 Å². The number of carbonyl (C=O) groups is 2. The average Bonchev–Trinajstić information content (AvgIpc) is 3.04. The summed E-state index contributed by atoms with van der Waals surface area (Å²) in [6, 6.07) is 28.5. The van der Waals surface area contributed by atoms with Crippen molar-refractivity contribution < 1.29 is 9.59 Å². The third kappa shape index (κ3) is 3.57. The number of anilines is 1. The minimum absolute atomic E-state index is 0.280. The monoisotopic (exact) mass is 382 g/mol. The molecule has 0 bridgehead atoms. The number of nitrogens with zero attached hydrogens (tertiary/aromatic N) is 2. The number of rotatable bonds is 6. The Morgan fingerprint density at radius 2 is 1.28 bits per heavy atom. The number of benzene rings is 3. The fraction of sp³-hybridized carbons (Fsp3) is 0.120. The first-order chi connectivity index (χ1) is 14.2. The molecule has 0 saturated carbocycles. The van der Waals surface area contributed by atoms with E-state index in [-0.39, 0.29) is 11.8 Å². The highest BCUT2D eigenvalue weighted by atomic mass is 16.2. The fourth-order valence-corrected chi connectivity index (χ4v) is 3.64. The quantitative estimate of drug-likeness (QED) is 0.590. The van der Waals surface area contributed by atoms with Crippen molar-refractivity contribution in [3.8, 4) is 0 Å². The van der Waals surface area contributed by atoms with Crippen LogP contribution in [0.5, 0.6) is 0 Å². The van der Waals surface area contributed by atoms with Gasteiger partial charge in [0, 0.05) is 13.1 Å². The highest BCUT2D eigenvalue weighted by Gasteiger charge is 2.42. The maximum atomic E-state index is 13.5. The zero-order valence-corrected chi connectivity index (χ0v) is 16.3. The molecule has 0 unspecified atom stereocenters. The number of hydrogen-bond donors (Lipinski definition) is 0. The SMILES string of the molecule is CCN(Cc1ccccc1)C1=C(c2ccccc2)C(=O)N(c2ccccc2)C1=O. The summed E-state index contributed by atoms with van der Waals surface area (Å²) in [7, 11) is 0. The smallest absolute Gasteiger partial charge is 0.282 e. The minimum atomic E-state index is -0.283. The highest BCUT2D eigenvalue weighted by molar-refractivity contribution is 6.45. The molecule has 1 heterocycles. The Labute approximate surface area is 170 Å². The van der Waals surface area contributed by atoms with E-state index in [2.05, 4.69) is 0 Å². The van der Waals surface area contributed by atoms with Gasteiger partial charge in [0.15, 0.2) is 0 Å². The first kappa shape index (κ1) is 18.7. The first-order valence-corrected chi connectivity index (χ1v) is 9.73. The van der Waals surface area contributed by atoms with E-state index in [9.17, 15) is 9.59 Å². The van der Waals surface area contributed by atoms with Crippen molar-refractivity contribution in [2.45, 2.75) is 13.5 Å². The van der Waals surface area contributed by atoms with Crippen LogP contribution in [0, 0.1) is 0 Å². The number of para-hydroxylation sites is 1. The lowest BCUT2D eigenvalue weighted by molar-refractivity contribution is -0.120. The third-order valence-corrected chi connectivity index (χ3v) is 5.05. The molecule has 0 N–H and O–H groups in total. The second-order valence-electron chi connectivity index (χ2n) is 6.87. The van der Waals surface area contributed by atoms with Gasteiger partial charge in [-0.15, -0.1) is 0 Å². The number of imide groups is 1. The topological polar surface area (TPSA) is 40.6 Å². The molecule has 0 spiro atoms. The van der Waals surface area contributed by atoms with Gasteiger partial charge in [-0.1, -0.05) is 78.9 Å². The van der Waals surface area contributed by atoms with Gasteiger partial charge >= 0.3 is 0 Å². The van der Waals surface area contributed by atoms with Crippen LogP contribution in [-0.4, -0.2) is 23.3 Å². The molecule has 1 aliphatic rings. The highest BCUT2D eigenvalue weighted by Crippen LogP contribution is 2.35. The van der Waals surface area contributed by atoms with Gasteiger partial charge in [0.05, 0.1) is 11.3 Å².